The van der Waals surface area contributed by atoms with Gasteiger partial charge < -0.3 is 19.5 Å². The fourth-order valence-electron chi connectivity index (χ4n) is 1.86. The highest BCUT2D eigenvalue weighted by molar-refractivity contribution is 6.03. The summed E-state index contributed by atoms with van der Waals surface area (Å²) in [6.07, 6.45) is 1.53. The van der Waals surface area contributed by atoms with Gasteiger partial charge in [0.05, 0.1) is 24.8 Å². The van der Waals surface area contributed by atoms with Gasteiger partial charge in [-0.3, -0.25) is 0 Å². The molecule has 1 aromatic heterocycles. The van der Waals surface area contributed by atoms with Crippen molar-refractivity contribution in [2.45, 2.75) is 6.54 Å². The second-order valence-electron chi connectivity index (χ2n) is 3.65. The molecule has 0 fully saturated rings. The molecule has 0 radical (unpaired) electrons. The molecule has 0 saturated heterocycles. The summed E-state index contributed by atoms with van der Waals surface area (Å²) in [5.41, 5.74) is 0.979. The third kappa shape index (κ3) is 1.97. The van der Waals surface area contributed by atoms with Gasteiger partial charge in [0, 0.05) is 24.2 Å². The Morgan fingerprint density at radius 2 is 2.24 bits per heavy atom. The minimum absolute atomic E-state index is 0.0416. The summed E-state index contributed by atoms with van der Waals surface area (Å²) >= 11 is 0. The van der Waals surface area contributed by atoms with Crippen molar-refractivity contribution in [2.24, 2.45) is 0 Å². The lowest BCUT2D eigenvalue weighted by molar-refractivity contribution is 0.0698. The number of aliphatic hydroxyl groups is 1. The van der Waals surface area contributed by atoms with Crippen LogP contribution in [0.15, 0.2) is 24.4 Å². The lowest BCUT2D eigenvalue weighted by Crippen LogP contribution is -2.00. The lowest BCUT2D eigenvalue weighted by atomic mass is 10.2. The zero-order chi connectivity index (χ0) is 12.4. The van der Waals surface area contributed by atoms with Crippen molar-refractivity contribution in [3.05, 3.63) is 30.0 Å². The monoisotopic (exact) mass is 235 g/mol. The number of hydrogen-bond donors (Lipinski definition) is 2. The highest BCUT2D eigenvalue weighted by Crippen LogP contribution is 2.25. The fourth-order valence-corrected chi connectivity index (χ4v) is 1.86. The van der Waals surface area contributed by atoms with E-state index in [-0.39, 0.29) is 12.2 Å². The number of carbonyl (C=O) groups is 1. The van der Waals surface area contributed by atoms with Gasteiger partial charge in [-0.2, -0.15) is 0 Å². The average molecular weight is 235 g/mol. The van der Waals surface area contributed by atoms with Gasteiger partial charge in [-0.05, 0) is 12.1 Å². The number of carboxylic acid groups (broad SMARTS) is 1. The Labute approximate surface area is 97.9 Å². The summed E-state index contributed by atoms with van der Waals surface area (Å²) in [5, 5.41) is 18.7. The van der Waals surface area contributed by atoms with Crippen molar-refractivity contribution in [1.29, 1.82) is 0 Å². The van der Waals surface area contributed by atoms with Gasteiger partial charge in [-0.1, -0.05) is 0 Å². The quantitative estimate of drug-likeness (QED) is 0.838. The van der Waals surface area contributed by atoms with Crippen molar-refractivity contribution in [3.63, 3.8) is 0 Å². The number of aromatic carboxylic acids is 1. The first kappa shape index (κ1) is 11.5. The van der Waals surface area contributed by atoms with Gasteiger partial charge in [0.15, 0.2) is 0 Å². The SMILES string of the molecule is COc1ccc2c(C(=O)O)cn(CCO)c2c1. The summed E-state index contributed by atoms with van der Waals surface area (Å²) in [7, 11) is 1.55. The summed E-state index contributed by atoms with van der Waals surface area (Å²) in [6.45, 7) is 0.316. The summed E-state index contributed by atoms with van der Waals surface area (Å²) < 4.78 is 6.81. The summed E-state index contributed by atoms with van der Waals surface area (Å²) in [4.78, 5) is 11.1. The van der Waals surface area contributed by atoms with Crippen molar-refractivity contribution < 1.29 is 19.7 Å². The molecule has 1 heterocycles. The van der Waals surface area contributed by atoms with E-state index in [0.717, 1.165) is 5.52 Å². The van der Waals surface area contributed by atoms with E-state index in [9.17, 15) is 4.79 Å². The molecule has 2 rings (SSSR count). The van der Waals surface area contributed by atoms with Crippen LogP contribution in [0.1, 0.15) is 10.4 Å². The highest BCUT2D eigenvalue weighted by Gasteiger charge is 2.14. The first-order chi connectivity index (χ1) is 8.17. The maximum absolute atomic E-state index is 11.1. The second-order valence-corrected chi connectivity index (χ2v) is 3.65. The van der Waals surface area contributed by atoms with E-state index >= 15 is 0 Å². The molecule has 0 aliphatic carbocycles. The van der Waals surface area contributed by atoms with Gasteiger partial charge in [0.2, 0.25) is 0 Å². The minimum atomic E-state index is -0.975. The molecule has 0 atom stereocenters. The fraction of sp³-hybridized carbons (Fsp3) is 0.250. The average Bonchev–Trinajstić information content (AvgIpc) is 2.68. The largest absolute Gasteiger partial charge is 0.497 e. The van der Waals surface area contributed by atoms with E-state index in [1.165, 1.54) is 6.20 Å². The van der Waals surface area contributed by atoms with Crippen LogP contribution in [-0.4, -0.2) is 34.5 Å². The number of carboxylic acids is 1. The van der Waals surface area contributed by atoms with Crippen LogP contribution >= 0.6 is 0 Å². The zero-order valence-electron chi connectivity index (χ0n) is 9.38. The molecule has 1 aromatic carbocycles. The molecule has 2 N–H and O–H groups in total. The molecule has 2 aromatic rings. The molecule has 0 saturated carbocycles. The maximum Gasteiger partial charge on any atom is 0.337 e. The number of nitrogens with zero attached hydrogens (tertiary/aromatic N) is 1. The number of aromatic nitrogens is 1. The van der Waals surface area contributed by atoms with Crippen LogP contribution < -0.4 is 4.74 Å². The van der Waals surface area contributed by atoms with Crippen LogP contribution in [0, 0.1) is 0 Å². The third-order valence-corrected chi connectivity index (χ3v) is 2.66. The molecular weight excluding hydrogens is 222 g/mol. The molecule has 0 amide bonds. The number of ether oxygens (including phenoxy) is 1. The first-order valence-electron chi connectivity index (χ1n) is 5.18. The van der Waals surface area contributed by atoms with E-state index in [1.807, 2.05) is 0 Å². The van der Waals surface area contributed by atoms with Crippen molar-refractivity contribution in [1.82, 2.24) is 4.57 Å². The number of rotatable bonds is 4. The number of hydrogen-bond acceptors (Lipinski definition) is 3. The first-order valence-corrected chi connectivity index (χ1v) is 5.18. The third-order valence-electron chi connectivity index (χ3n) is 2.66. The second kappa shape index (κ2) is 4.47. The maximum atomic E-state index is 11.1. The minimum Gasteiger partial charge on any atom is -0.497 e. The van der Waals surface area contributed by atoms with E-state index in [0.29, 0.717) is 17.7 Å². The van der Waals surface area contributed by atoms with Gasteiger partial charge in [-0.15, -0.1) is 0 Å². The number of aliphatic hydroxyl groups excluding tert-OH is 1. The number of fused-ring (bicyclic) bond motifs is 1. The molecule has 0 aliphatic heterocycles. The van der Waals surface area contributed by atoms with Gasteiger partial charge in [0.1, 0.15) is 5.75 Å². The number of methoxy groups -OCH3 is 1. The Kier molecular flexibility index (Phi) is 3.01. The molecule has 17 heavy (non-hydrogen) atoms. The van der Waals surface area contributed by atoms with E-state index in [4.69, 9.17) is 14.9 Å². The van der Waals surface area contributed by atoms with Gasteiger partial charge in [-0.25, -0.2) is 4.79 Å². The van der Waals surface area contributed by atoms with Crippen LogP contribution in [0.5, 0.6) is 5.75 Å². The predicted octanol–water partition coefficient (Wildman–Crippen LogP) is 1.34. The smallest absolute Gasteiger partial charge is 0.337 e. The molecule has 5 heteroatoms. The molecule has 90 valence electrons. The lowest BCUT2D eigenvalue weighted by Gasteiger charge is -2.04. The van der Waals surface area contributed by atoms with E-state index in [2.05, 4.69) is 0 Å². The van der Waals surface area contributed by atoms with Crippen LogP contribution in [0.3, 0.4) is 0 Å². The Bertz CT molecular complexity index is 559. The summed E-state index contributed by atoms with van der Waals surface area (Å²) in [6, 6.07) is 5.20. The molecule has 0 aliphatic rings. The molecule has 5 nitrogen and oxygen atoms in total. The highest BCUT2D eigenvalue weighted by atomic mass is 16.5. The summed E-state index contributed by atoms with van der Waals surface area (Å²) in [5.74, 6) is -0.316. The Hall–Kier alpha value is -2.01. The normalized spacial score (nSPS) is 10.7. The molecule has 0 bridgehead atoms. The predicted molar refractivity (Wildman–Crippen MR) is 62.5 cm³/mol. The standard InChI is InChI=1S/C12H13NO4/c1-17-8-2-3-9-10(12(15)16)7-13(4-5-14)11(9)6-8/h2-3,6-7,14H,4-5H2,1H3,(H,15,16). The zero-order valence-corrected chi connectivity index (χ0v) is 9.38. The van der Waals surface area contributed by atoms with Gasteiger partial charge in [0.25, 0.3) is 0 Å². The van der Waals surface area contributed by atoms with Crippen molar-refractivity contribution in [3.8, 4) is 5.75 Å². The molecule has 0 spiro atoms. The molecular formula is C12H13NO4. The van der Waals surface area contributed by atoms with E-state index in [1.54, 1.807) is 29.9 Å². The van der Waals surface area contributed by atoms with Crippen LogP contribution in [0.25, 0.3) is 10.9 Å². The topological polar surface area (TPSA) is 71.7 Å². The van der Waals surface area contributed by atoms with Crippen LogP contribution in [0.2, 0.25) is 0 Å². The Balaban J connectivity index is 2.67. The van der Waals surface area contributed by atoms with Crippen LogP contribution in [-0.2, 0) is 6.54 Å². The Morgan fingerprint density at radius 3 is 2.82 bits per heavy atom. The number of benzene rings is 1. The van der Waals surface area contributed by atoms with Crippen LogP contribution in [0.4, 0.5) is 0 Å². The van der Waals surface area contributed by atoms with E-state index < -0.39 is 5.97 Å². The van der Waals surface area contributed by atoms with Crippen molar-refractivity contribution in [2.75, 3.05) is 13.7 Å². The molecule has 0 unspecified atom stereocenters. The van der Waals surface area contributed by atoms with Gasteiger partial charge >= 0.3 is 5.97 Å². The Morgan fingerprint density at radius 1 is 1.47 bits per heavy atom. The van der Waals surface area contributed by atoms with Crippen molar-refractivity contribution >= 4 is 16.9 Å².